The molecule has 2 aromatic carbocycles. The van der Waals surface area contributed by atoms with Gasteiger partial charge in [-0.05, 0) is 42.3 Å². The molecule has 0 aliphatic rings. The Bertz CT molecular complexity index is 701. The molecule has 0 atom stereocenters. The van der Waals surface area contributed by atoms with Crippen LogP contribution < -0.4 is 5.32 Å². The van der Waals surface area contributed by atoms with Crippen molar-refractivity contribution in [2.75, 3.05) is 5.32 Å². The summed E-state index contributed by atoms with van der Waals surface area (Å²) >= 11 is 8.85. The first kappa shape index (κ1) is 17.8. The molecule has 0 aromatic heterocycles. The van der Waals surface area contributed by atoms with E-state index in [-0.39, 0.29) is 18.0 Å². The Morgan fingerprint density at radius 2 is 1.78 bits per heavy atom. The van der Waals surface area contributed by atoms with Gasteiger partial charge in [-0.3, -0.25) is 4.79 Å². The molecule has 0 saturated carbocycles. The van der Waals surface area contributed by atoms with Crippen LogP contribution >= 0.6 is 27.5 Å². The van der Waals surface area contributed by atoms with Gasteiger partial charge >= 0.3 is 6.18 Å². The van der Waals surface area contributed by atoms with Gasteiger partial charge in [-0.2, -0.15) is 13.2 Å². The fraction of sp³-hybridized carbons (Fsp3) is 0.188. The predicted octanol–water partition coefficient (Wildman–Crippen LogP) is 5.69. The molecular weight excluding hydrogens is 395 g/mol. The Labute approximate surface area is 144 Å². The highest BCUT2D eigenvalue weighted by molar-refractivity contribution is 9.10. The number of anilines is 1. The van der Waals surface area contributed by atoms with Crippen LogP contribution in [0.1, 0.15) is 17.5 Å². The maximum Gasteiger partial charge on any atom is 0.417 e. The third-order valence-corrected chi connectivity index (χ3v) is 3.97. The molecule has 0 unspecified atom stereocenters. The number of rotatable bonds is 4. The lowest BCUT2D eigenvalue weighted by Gasteiger charge is -2.11. The van der Waals surface area contributed by atoms with E-state index in [1.165, 1.54) is 6.07 Å². The molecular formula is C16H12BrClF3NO. The van der Waals surface area contributed by atoms with Gasteiger partial charge in [0, 0.05) is 16.6 Å². The minimum Gasteiger partial charge on any atom is -0.326 e. The number of nitrogens with one attached hydrogen (secondary N) is 1. The van der Waals surface area contributed by atoms with Crippen molar-refractivity contribution in [2.45, 2.75) is 19.0 Å². The molecule has 0 aliphatic heterocycles. The van der Waals surface area contributed by atoms with E-state index in [0.29, 0.717) is 6.42 Å². The summed E-state index contributed by atoms with van der Waals surface area (Å²) in [6.45, 7) is 0. The maximum atomic E-state index is 12.8. The lowest BCUT2D eigenvalue weighted by atomic mass is 10.1. The summed E-state index contributed by atoms with van der Waals surface area (Å²) in [6.07, 6.45) is -3.89. The zero-order valence-corrected chi connectivity index (χ0v) is 14.1. The number of carbonyl (C=O) groups is 1. The Hall–Kier alpha value is -1.53. The number of hydrogen-bond acceptors (Lipinski definition) is 1. The van der Waals surface area contributed by atoms with Crippen LogP contribution in [-0.4, -0.2) is 5.91 Å². The van der Waals surface area contributed by atoms with Gasteiger partial charge in [-0.25, -0.2) is 0 Å². The Morgan fingerprint density at radius 1 is 1.13 bits per heavy atom. The SMILES string of the molecule is O=C(CCc1ccc(Br)cc1)Nc1ccc(Cl)c(C(F)(F)F)c1. The second kappa shape index (κ2) is 7.36. The number of carbonyl (C=O) groups excluding carboxylic acids is 1. The minimum atomic E-state index is -4.56. The molecule has 0 spiro atoms. The summed E-state index contributed by atoms with van der Waals surface area (Å²) in [5.41, 5.74) is 0.0721. The molecule has 0 bridgehead atoms. The smallest absolute Gasteiger partial charge is 0.326 e. The standard InChI is InChI=1S/C16H12BrClF3NO/c17-11-4-1-10(2-5-11)3-8-15(23)22-12-6-7-14(18)13(9-12)16(19,20)21/h1-2,4-7,9H,3,8H2,(H,22,23). The van der Waals surface area contributed by atoms with Crippen LogP contribution in [-0.2, 0) is 17.4 Å². The van der Waals surface area contributed by atoms with Crippen LogP contribution in [0.3, 0.4) is 0 Å². The van der Waals surface area contributed by atoms with E-state index in [1.807, 2.05) is 24.3 Å². The molecule has 0 aliphatic carbocycles. The zero-order valence-electron chi connectivity index (χ0n) is 11.8. The molecule has 2 aromatic rings. The van der Waals surface area contributed by atoms with Crippen LogP contribution in [0.15, 0.2) is 46.9 Å². The van der Waals surface area contributed by atoms with Gasteiger partial charge in [-0.15, -0.1) is 0 Å². The van der Waals surface area contributed by atoms with Gasteiger partial charge < -0.3 is 5.32 Å². The number of aryl methyl sites for hydroxylation is 1. The number of alkyl halides is 3. The topological polar surface area (TPSA) is 29.1 Å². The average Bonchev–Trinajstić information content (AvgIpc) is 2.47. The monoisotopic (exact) mass is 405 g/mol. The highest BCUT2D eigenvalue weighted by Gasteiger charge is 2.33. The molecule has 2 nitrogen and oxygen atoms in total. The van der Waals surface area contributed by atoms with Crippen molar-refractivity contribution in [3.63, 3.8) is 0 Å². The number of halogens is 5. The van der Waals surface area contributed by atoms with E-state index in [9.17, 15) is 18.0 Å². The second-order valence-corrected chi connectivity index (χ2v) is 6.19. The average molecular weight is 407 g/mol. The zero-order chi connectivity index (χ0) is 17.0. The van der Waals surface area contributed by atoms with Crippen molar-refractivity contribution in [1.29, 1.82) is 0 Å². The van der Waals surface area contributed by atoms with Crippen LogP contribution in [0.2, 0.25) is 5.02 Å². The first-order chi connectivity index (χ1) is 10.8. The van der Waals surface area contributed by atoms with Gasteiger partial charge in [0.1, 0.15) is 0 Å². The van der Waals surface area contributed by atoms with E-state index in [0.717, 1.165) is 22.2 Å². The Balaban J connectivity index is 1.99. The third-order valence-electron chi connectivity index (χ3n) is 3.11. The van der Waals surface area contributed by atoms with E-state index < -0.39 is 16.8 Å². The minimum absolute atomic E-state index is 0.0718. The molecule has 7 heteroatoms. The summed E-state index contributed by atoms with van der Waals surface area (Å²) in [7, 11) is 0. The van der Waals surface area contributed by atoms with Gasteiger partial charge in [0.05, 0.1) is 10.6 Å². The first-order valence-corrected chi connectivity index (χ1v) is 7.84. The Kier molecular flexibility index (Phi) is 5.70. The van der Waals surface area contributed by atoms with E-state index >= 15 is 0 Å². The van der Waals surface area contributed by atoms with Crippen LogP contribution in [0, 0.1) is 0 Å². The highest BCUT2D eigenvalue weighted by Crippen LogP contribution is 2.36. The van der Waals surface area contributed by atoms with Gasteiger partial charge in [0.25, 0.3) is 0 Å². The largest absolute Gasteiger partial charge is 0.417 e. The van der Waals surface area contributed by atoms with Gasteiger partial charge in [-0.1, -0.05) is 39.7 Å². The maximum absolute atomic E-state index is 12.8. The molecule has 0 saturated heterocycles. The molecule has 1 N–H and O–H groups in total. The van der Waals surface area contributed by atoms with Crippen molar-refractivity contribution < 1.29 is 18.0 Å². The summed E-state index contributed by atoms with van der Waals surface area (Å²) in [5, 5.41) is 2.06. The van der Waals surface area contributed by atoms with Crippen molar-refractivity contribution >= 4 is 39.1 Å². The highest BCUT2D eigenvalue weighted by atomic mass is 79.9. The normalized spacial score (nSPS) is 11.3. The molecule has 0 radical (unpaired) electrons. The summed E-state index contributed by atoms with van der Waals surface area (Å²) in [5.74, 6) is -0.358. The lowest BCUT2D eigenvalue weighted by Crippen LogP contribution is -2.13. The number of amides is 1. The predicted molar refractivity (Wildman–Crippen MR) is 87.5 cm³/mol. The molecule has 0 heterocycles. The summed E-state index contributed by atoms with van der Waals surface area (Å²) in [6, 6.07) is 10.8. The second-order valence-electron chi connectivity index (χ2n) is 4.87. The van der Waals surface area contributed by atoms with Gasteiger partial charge in [0.2, 0.25) is 5.91 Å². The molecule has 0 fully saturated rings. The molecule has 2 rings (SSSR count). The molecule has 122 valence electrons. The van der Waals surface area contributed by atoms with Crippen molar-refractivity contribution in [3.8, 4) is 0 Å². The van der Waals surface area contributed by atoms with Gasteiger partial charge in [0.15, 0.2) is 0 Å². The van der Waals surface area contributed by atoms with Crippen molar-refractivity contribution in [2.24, 2.45) is 0 Å². The van der Waals surface area contributed by atoms with Crippen molar-refractivity contribution in [1.82, 2.24) is 0 Å². The van der Waals surface area contributed by atoms with E-state index in [4.69, 9.17) is 11.6 Å². The van der Waals surface area contributed by atoms with Crippen LogP contribution in [0.5, 0.6) is 0 Å². The fourth-order valence-corrected chi connectivity index (χ4v) is 2.44. The van der Waals surface area contributed by atoms with E-state index in [2.05, 4.69) is 21.2 Å². The quantitative estimate of drug-likeness (QED) is 0.694. The van der Waals surface area contributed by atoms with Crippen LogP contribution in [0.4, 0.5) is 18.9 Å². The summed E-state index contributed by atoms with van der Waals surface area (Å²) < 4.78 is 39.2. The van der Waals surface area contributed by atoms with Crippen molar-refractivity contribution in [3.05, 3.63) is 63.1 Å². The lowest BCUT2D eigenvalue weighted by molar-refractivity contribution is -0.137. The fourth-order valence-electron chi connectivity index (χ4n) is 1.95. The van der Waals surface area contributed by atoms with Crippen LogP contribution in [0.25, 0.3) is 0 Å². The van der Waals surface area contributed by atoms with E-state index in [1.54, 1.807) is 0 Å². The third kappa shape index (κ3) is 5.25. The Morgan fingerprint density at radius 3 is 2.39 bits per heavy atom. The number of hydrogen-bond donors (Lipinski definition) is 1. The molecule has 1 amide bonds. The number of benzene rings is 2. The first-order valence-electron chi connectivity index (χ1n) is 6.67. The summed E-state index contributed by atoms with van der Waals surface area (Å²) in [4.78, 5) is 11.9. The molecule has 23 heavy (non-hydrogen) atoms.